The lowest BCUT2D eigenvalue weighted by atomic mass is 10.1. The number of aryl methyl sites for hydroxylation is 1. The first-order valence-corrected chi connectivity index (χ1v) is 9.76. The van der Waals surface area contributed by atoms with E-state index in [9.17, 15) is 9.59 Å². The average Bonchev–Trinajstić information content (AvgIpc) is 3.33. The highest BCUT2D eigenvalue weighted by Gasteiger charge is 2.42. The van der Waals surface area contributed by atoms with Crippen molar-refractivity contribution >= 4 is 5.91 Å². The van der Waals surface area contributed by atoms with Gasteiger partial charge >= 0.3 is 5.69 Å². The minimum atomic E-state index is -0.0855. The number of aromatic nitrogens is 4. The van der Waals surface area contributed by atoms with Crippen LogP contribution in [-0.4, -0.2) is 41.8 Å². The van der Waals surface area contributed by atoms with Gasteiger partial charge < -0.3 is 9.47 Å². The Morgan fingerprint density at radius 1 is 1.11 bits per heavy atom. The first kappa shape index (κ1) is 17.0. The van der Waals surface area contributed by atoms with Gasteiger partial charge in [-0.05, 0) is 30.5 Å². The van der Waals surface area contributed by atoms with E-state index in [1.54, 1.807) is 9.25 Å². The highest BCUT2D eigenvalue weighted by atomic mass is 16.2. The third-order valence-electron chi connectivity index (χ3n) is 6.00. The Kier molecular flexibility index (Phi) is 3.96. The van der Waals surface area contributed by atoms with Gasteiger partial charge in [0.2, 0.25) is 0 Å². The molecule has 144 valence electrons. The standard InChI is InChI=1S/C21H23N5O2/c1-23-11-5-8-18(23)20(27)26-16-9-10-17(26)14-24-19(12-16)22-25(21(24)28)13-15-6-3-2-4-7-15/h2-8,11,16-17H,9-10,12-14H2,1H3/t16-,17+/m0/s1. The van der Waals surface area contributed by atoms with Gasteiger partial charge in [-0.15, -0.1) is 0 Å². The van der Waals surface area contributed by atoms with E-state index < -0.39 is 0 Å². The van der Waals surface area contributed by atoms with Crippen LogP contribution in [0.2, 0.25) is 0 Å². The summed E-state index contributed by atoms with van der Waals surface area (Å²) < 4.78 is 5.19. The highest BCUT2D eigenvalue weighted by molar-refractivity contribution is 5.93. The van der Waals surface area contributed by atoms with Crippen molar-refractivity contribution in [1.82, 2.24) is 23.8 Å². The number of amides is 1. The molecule has 0 aliphatic carbocycles. The van der Waals surface area contributed by atoms with Crippen molar-refractivity contribution < 1.29 is 4.79 Å². The maximum atomic E-state index is 13.2. The van der Waals surface area contributed by atoms with Crippen LogP contribution in [-0.2, 0) is 26.6 Å². The summed E-state index contributed by atoms with van der Waals surface area (Å²) in [5.41, 5.74) is 1.66. The largest absolute Gasteiger partial charge is 0.347 e. The number of benzene rings is 1. The number of hydrogen-bond acceptors (Lipinski definition) is 3. The summed E-state index contributed by atoms with van der Waals surface area (Å²) >= 11 is 0. The summed E-state index contributed by atoms with van der Waals surface area (Å²) in [4.78, 5) is 28.1. The Morgan fingerprint density at radius 3 is 2.64 bits per heavy atom. The Hall–Kier alpha value is -3.09. The second kappa shape index (κ2) is 6.51. The van der Waals surface area contributed by atoms with E-state index in [1.807, 2.05) is 65.2 Å². The van der Waals surface area contributed by atoms with Crippen molar-refractivity contribution in [2.45, 2.75) is 44.4 Å². The minimum absolute atomic E-state index is 0.0423. The number of nitrogens with zero attached hydrogens (tertiary/aromatic N) is 5. The molecule has 1 fully saturated rings. The molecule has 0 N–H and O–H groups in total. The SMILES string of the molecule is Cn1cccc1C(=O)N1[C@@H]2CC[C@H]1Cc1nn(Cc3ccccc3)c(=O)n1C2. The molecule has 3 aromatic rings. The van der Waals surface area contributed by atoms with Gasteiger partial charge in [0.1, 0.15) is 11.5 Å². The molecule has 2 aromatic heterocycles. The van der Waals surface area contributed by atoms with Crippen molar-refractivity contribution in [3.05, 3.63) is 76.2 Å². The lowest BCUT2D eigenvalue weighted by Crippen LogP contribution is -2.43. The summed E-state index contributed by atoms with van der Waals surface area (Å²) in [5, 5.41) is 4.62. The molecule has 0 spiro atoms. The van der Waals surface area contributed by atoms with Crippen molar-refractivity contribution in [2.24, 2.45) is 7.05 Å². The van der Waals surface area contributed by atoms with Gasteiger partial charge in [-0.3, -0.25) is 9.36 Å². The molecule has 7 nitrogen and oxygen atoms in total. The molecule has 5 rings (SSSR count). The van der Waals surface area contributed by atoms with E-state index in [-0.39, 0.29) is 23.7 Å². The molecule has 2 bridgehead atoms. The van der Waals surface area contributed by atoms with Gasteiger partial charge in [0.25, 0.3) is 5.91 Å². The normalized spacial score (nSPS) is 20.8. The predicted octanol–water partition coefficient (Wildman–Crippen LogP) is 1.66. The van der Waals surface area contributed by atoms with Crippen LogP contribution in [0.15, 0.2) is 53.5 Å². The molecule has 4 heterocycles. The molecule has 0 radical (unpaired) electrons. The second-order valence-corrected chi connectivity index (χ2v) is 7.76. The molecule has 1 amide bonds. The molecule has 7 heteroatoms. The summed E-state index contributed by atoms with van der Waals surface area (Å²) in [7, 11) is 1.89. The van der Waals surface area contributed by atoms with E-state index in [1.165, 1.54) is 0 Å². The van der Waals surface area contributed by atoms with E-state index in [0.717, 1.165) is 24.2 Å². The van der Waals surface area contributed by atoms with Crippen LogP contribution in [0.3, 0.4) is 0 Å². The van der Waals surface area contributed by atoms with E-state index in [4.69, 9.17) is 0 Å². The molecule has 1 aromatic carbocycles. The molecule has 1 saturated heterocycles. The van der Waals surface area contributed by atoms with E-state index in [2.05, 4.69) is 5.10 Å². The zero-order chi connectivity index (χ0) is 19.3. The van der Waals surface area contributed by atoms with Gasteiger partial charge in [0, 0.05) is 32.3 Å². The predicted molar refractivity (Wildman–Crippen MR) is 104 cm³/mol. The fraction of sp³-hybridized carbons (Fsp3) is 0.381. The summed E-state index contributed by atoms with van der Waals surface area (Å²) in [6.45, 7) is 0.997. The number of carbonyl (C=O) groups is 1. The monoisotopic (exact) mass is 377 g/mol. The van der Waals surface area contributed by atoms with Crippen LogP contribution in [0, 0.1) is 0 Å². The molecule has 2 atom stereocenters. The Morgan fingerprint density at radius 2 is 1.89 bits per heavy atom. The first-order valence-electron chi connectivity index (χ1n) is 9.76. The fourth-order valence-electron chi connectivity index (χ4n) is 4.59. The van der Waals surface area contributed by atoms with Crippen LogP contribution in [0.5, 0.6) is 0 Å². The van der Waals surface area contributed by atoms with E-state index in [0.29, 0.717) is 25.2 Å². The van der Waals surface area contributed by atoms with Crippen LogP contribution < -0.4 is 5.69 Å². The maximum Gasteiger partial charge on any atom is 0.346 e. The number of carbonyl (C=O) groups excluding carboxylic acids is 1. The molecule has 2 aliphatic rings. The van der Waals surface area contributed by atoms with Gasteiger partial charge in [0.05, 0.1) is 12.6 Å². The molecule has 2 aliphatic heterocycles. The molecule has 0 unspecified atom stereocenters. The zero-order valence-corrected chi connectivity index (χ0v) is 15.9. The summed E-state index contributed by atoms with van der Waals surface area (Å²) in [5.74, 6) is 0.841. The molecular formula is C21H23N5O2. The van der Waals surface area contributed by atoms with Crippen molar-refractivity contribution in [3.63, 3.8) is 0 Å². The van der Waals surface area contributed by atoms with Crippen LogP contribution in [0.4, 0.5) is 0 Å². The van der Waals surface area contributed by atoms with Gasteiger partial charge in [-0.25, -0.2) is 9.48 Å². The first-order chi connectivity index (χ1) is 13.6. The number of hydrogen-bond donors (Lipinski definition) is 0. The van der Waals surface area contributed by atoms with Crippen LogP contribution >= 0.6 is 0 Å². The lowest BCUT2D eigenvalue weighted by Gasteiger charge is -2.28. The Bertz CT molecular complexity index is 1080. The maximum absolute atomic E-state index is 13.2. The van der Waals surface area contributed by atoms with Crippen molar-refractivity contribution in [2.75, 3.05) is 0 Å². The number of rotatable bonds is 3. The molecule has 0 saturated carbocycles. The Labute approximate surface area is 162 Å². The smallest absolute Gasteiger partial charge is 0.346 e. The average molecular weight is 377 g/mol. The summed E-state index contributed by atoms with van der Waals surface area (Å²) in [6, 6.07) is 13.8. The number of fused-ring (bicyclic) bond motifs is 3. The van der Waals surface area contributed by atoms with Gasteiger partial charge in [-0.2, -0.15) is 5.10 Å². The topological polar surface area (TPSA) is 65.1 Å². The third-order valence-corrected chi connectivity index (χ3v) is 6.00. The zero-order valence-electron chi connectivity index (χ0n) is 15.9. The fourth-order valence-corrected chi connectivity index (χ4v) is 4.59. The van der Waals surface area contributed by atoms with Crippen LogP contribution in [0.1, 0.15) is 34.7 Å². The van der Waals surface area contributed by atoms with Gasteiger partial charge in [0.15, 0.2) is 0 Å². The van der Waals surface area contributed by atoms with Crippen LogP contribution in [0.25, 0.3) is 0 Å². The van der Waals surface area contributed by atoms with Gasteiger partial charge in [-0.1, -0.05) is 30.3 Å². The summed E-state index contributed by atoms with van der Waals surface area (Å²) in [6.07, 6.45) is 4.40. The minimum Gasteiger partial charge on any atom is -0.347 e. The third kappa shape index (κ3) is 2.69. The molecule has 28 heavy (non-hydrogen) atoms. The van der Waals surface area contributed by atoms with E-state index >= 15 is 0 Å². The molecular weight excluding hydrogens is 354 g/mol. The van der Waals surface area contributed by atoms with Crippen molar-refractivity contribution in [3.8, 4) is 0 Å². The lowest BCUT2D eigenvalue weighted by molar-refractivity contribution is 0.0655. The second-order valence-electron chi connectivity index (χ2n) is 7.76. The highest BCUT2D eigenvalue weighted by Crippen LogP contribution is 2.31. The Balaban J connectivity index is 1.45. The quantitative estimate of drug-likeness (QED) is 0.697. The van der Waals surface area contributed by atoms with Crippen molar-refractivity contribution in [1.29, 1.82) is 0 Å².